The van der Waals surface area contributed by atoms with Gasteiger partial charge in [0.1, 0.15) is 11.4 Å². The predicted molar refractivity (Wildman–Crippen MR) is 85.2 cm³/mol. The van der Waals surface area contributed by atoms with E-state index < -0.39 is 17.7 Å². The molecule has 0 radical (unpaired) electrons. The standard InChI is InChI=1S/C18H14FNO5/c1-18-10-12(14-9-13(19)8-11-5-7-23-17(11)14)4-6-20(18)25-16(22)3-2-15(21)24-18/h2-3,5,7-10H,4,6H2,1H3/b3-2+. The highest BCUT2D eigenvalue weighted by atomic mass is 19.1. The average molecular weight is 343 g/mol. The number of hydroxylamine groups is 2. The Morgan fingerprint density at radius 2 is 2.00 bits per heavy atom. The first-order valence-corrected chi connectivity index (χ1v) is 7.74. The van der Waals surface area contributed by atoms with E-state index >= 15 is 0 Å². The minimum atomic E-state index is -1.30. The van der Waals surface area contributed by atoms with Crippen LogP contribution >= 0.6 is 0 Å². The fraction of sp³-hybridized carbons (Fsp3) is 0.222. The Balaban J connectivity index is 1.82. The van der Waals surface area contributed by atoms with Crippen molar-refractivity contribution in [3.63, 3.8) is 0 Å². The first-order valence-electron chi connectivity index (χ1n) is 7.74. The van der Waals surface area contributed by atoms with Gasteiger partial charge < -0.3 is 14.0 Å². The first-order chi connectivity index (χ1) is 11.9. The number of esters is 1. The number of hydrogen-bond acceptors (Lipinski definition) is 6. The maximum absolute atomic E-state index is 13.9. The van der Waals surface area contributed by atoms with Crippen LogP contribution in [0.25, 0.3) is 16.5 Å². The number of rotatable bonds is 1. The number of nitrogens with zero attached hydrogens (tertiary/aromatic N) is 1. The number of fused-ring (bicyclic) bond motifs is 2. The summed E-state index contributed by atoms with van der Waals surface area (Å²) < 4.78 is 24.9. The molecule has 0 N–H and O–H groups in total. The molecular formula is C18H14FNO5. The third-order valence-corrected chi connectivity index (χ3v) is 4.25. The second kappa shape index (κ2) is 5.56. The molecule has 4 rings (SSSR count). The van der Waals surface area contributed by atoms with Crippen molar-refractivity contribution in [2.75, 3.05) is 6.54 Å². The minimum Gasteiger partial charge on any atom is -0.464 e. The summed E-state index contributed by atoms with van der Waals surface area (Å²) in [5.41, 5.74) is 0.585. The lowest BCUT2D eigenvalue weighted by Gasteiger charge is -2.40. The zero-order valence-electron chi connectivity index (χ0n) is 13.3. The Labute approximate surface area is 142 Å². The number of carbonyl (C=O) groups is 2. The Morgan fingerprint density at radius 3 is 2.84 bits per heavy atom. The van der Waals surface area contributed by atoms with E-state index in [1.54, 1.807) is 19.1 Å². The first kappa shape index (κ1) is 15.6. The van der Waals surface area contributed by atoms with Crippen LogP contribution in [0.1, 0.15) is 18.9 Å². The summed E-state index contributed by atoms with van der Waals surface area (Å²) >= 11 is 0. The van der Waals surface area contributed by atoms with Gasteiger partial charge in [0.2, 0.25) is 5.72 Å². The molecule has 2 aromatic rings. The molecule has 1 unspecified atom stereocenters. The van der Waals surface area contributed by atoms with Gasteiger partial charge in [-0.25, -0.2) is 14.0 Å². The molecule has 1 atom stereocenters. The van der Waals surface area contributed by atoms with Gasteiger partial charge in [0.05, 0.1) is 6.26 Å². The van der Waals surface area contributed by atoms with Gasteiger partial charge in [0, 0.05) is 29.6 Å². The molecule has 1 aromatic carbocycles. The van der Waals surface area contributed by atoms with Crippen LogP contribution in [0.3, 0.4) is 0 Å². The van der Waals surface area contributed by atoms with Crippen LogP contribution in [-0.4, -0.2) is 29.3 Å². The Kier molecular flexibility index (Phi) is 3.47. The molecule has 0 saturated carbocycles. The van der Waals surface area contributed by atoms with Gasteiger partial charge in [-0.15, -0.1) is 0 Å². The van der Waals surface area contributed by atoms with Gasteiger partial charge in [0.15, 0.2) is 0 Å². The maximum atomic E-state index is 13.9. The van der Waals surface area contributed by atoms with Crippen molar-refractivity contribution in [1.29, 1.82) is 0 Å². The summed E-state index contributed by atoms with van der Waals surface area (Å²) in [6.07, 6.45) is 5.63. The van der Waals surface area contributed by atoms with E-state index in [9.17, 15) is 14.0 Å². The van der Waals surface area contributed by atoms with Crippen LogP contribution in [0.5, 0.6) is 0 Å². The Morgan fingerprint density at radius 1 is 1.20 bits per heavy atom. The second-order valence-electron chi connectivity index (χ2n) is 6.03. The van der Waals surface area contributed by atoms with Crippen molar-refractivity contribution in [3.05, 3.63) is 54.1 Å². The number of ether oxygens (including phenoxy) is 1. The minimum absolute atomic E-state index is 0.286. The van der Waals surface area contributed by atoms with Crippen molar-refractivity contribution >= 4 is 28.5 Å². The monoisotopic (exact) mass is 343 g/mol. The summed E-state index contributed by atoms with van der Waals surface area (Å²) in [5, 5.41) is 1.95. The predicted octanol–water partition coefficient (Wildman–Crippen LogP) is 2.95. The zero-order valence-corrected chi connectivity index (χ0v) is 13.3. The topological polar surface area (TPSA) is 69.0 Å². The molecule has 7 heteroatoms. The summed E-state index contributed by atoms with van der Waals surface area (Å²) in [5.74, 6) is -1.70. The number of hydrogen-bond donors (Lipinski definition) is 0. The third kappa shape index (κ3) is 2.72. The van der Waals surface area contributed by atoms with E-state index in [0.717, 1.165) is 17.7 Å². The fourth-order valence-corrected chi connectivity index (χ4v) is 3.14. The van der Waals surface area contributed by atoms with Crippen molar-refractivity contribution in [1.82, 2.24) is 5.06 Å². The van der Waals surface area contributed by atoms with E-state index in [2.05, 4.69) is 0 Å². The quantitative estimate of drug-likeness (QED) is 0.742. The van der Waals surface area contributed by atoms with E-state index in [-0.39, 0.29) is 12.4 Å². The number of carbonyl (C=O) groups excluding carboxylic acids is 2. The smallest absolute Gasteiger partial charge is 0.350 e. The maximum Gasteiger partial charge on any atom is 0.350 e. The van der Waals surface area contributed by atoms with Crippen molar-refractivity contribution in [2.45, 2.75) is 19.1 Å². The van der Waals surface area contributed by atoms with Gasteiger partial charge in [-0.3, -0.25) is 0 Å². The molecule has 0 aliphatic carbocycles. The Hall–Kier alpha value is -2.93. The SMILES string of the molecule is CC12C=C(c3cc(F)cc4ccoc34)CCN1OC(=O)/C=C/C(=O)O2. The van der Waals surface area contributed by atoms with E-state index in [1.165, 1.54) is 23.5 Å². The molecule has 128 valence electrons. The van der Waals surface area contributed by atoms with Gasteiger partial charge in [-0.1, -0.05) is 5.06 Å². The van der Waals surface area contributed by atoms with Crippen molar-refractivity contribution < 1.29 is 28.0 Å². The van der Waals surface area contributed by atoms with Crippen molar-refractivity contribution in [3.8, 4) is 0 Å². The lowest BCUT2D eigenvalue weighted by Crippen LogP contribution is -2.52. The largest absolute Gasteiger partial charge is 0.464 e. The zero-order chi connectivity index (χ0) is 17.6. The van der Waals surface area contributed by atoms with Gasteiger partial charge in [-0.05, 0) is 43.2 Å². The number of furan rings is 1. The molecule has 0 bridgehead atoms. The average Bonchev–Trinajstić information content (AvgIpc) is 3.01. The highest BCUT2D eigenvalue weighted by Crippen LogP contribution is 2.36. The number of halogens is 1. The van der Waals surface area contributed by atoms with E-state index in [4.69, 9.17) is 14.0 Å². The molecule has 2 aliphatic heterocycles. The van der Waals surface area contributed by atoms with Crippen LogP contribution in [0.15, 0.2) is 47.1 Å². The molecule has 0 spiro atoms. The molecule has 25 heavy (non-hydrogen) atoms. The van der Waals surface area contributed by atoms with E-state index in [0.29, 0.717) is 23.0 Å². The van der Waals surface area contributed by atoms with Crippen LogP contribution < -0.4 is 0 Å². The summed E-state index contributed by atoms with van der Waals surface area (Å²) in [4.78, 5) is 28.7. The Bertz CT molecular complexity index is 944. The third-order valence-electron chi connectivity index (χ3n) is 4.25. The van der Waals surface area contributed by atoms with Crippen molar-refractivity contribution in [2.24, 2.45) is 0 Å². The molecule has 0 fully saturated rings. The molecule has 2 aliphatic rings. The lowest BCUT2D eigenvalue weighted by atomic mass is 9.94. The lowest BCUT2D eigenvalue weighted by molar-refractivity contribution is -0.261. The van der Waals surface area contributed by atoms with E-state index in [1.807, 2.05) is 0 Å². The normalized spacial score (nSPS) is 25.4. The highest BCUT2D eigenvalue weighted by Gasteiger charge is 2.41. The molecule has 0 saturated heterocycles. The second-order valence-corrected chi connectivity index (χ2v) is 6.03. The van der Waals surface area contributed by atoms with Gasteiger partial charge in [-0.2, -0.15) is 0 Å². The molecule has 6 nitrogen and oxygen atoms in total. The molecule has 0 amide bonds. The fourth-order valence-electron chi connectivity index (χ4n) is 3.14. The summed E-state index contributed by atoms with van der Waals surface area (Å²) in [7, 11) is 0. The summed E-state index contributed by atoms with van der Waals surface area (Å²) in [6, 6.07) is 4.46. The highest BCUT2D eigenvalue weighted by molar-refractivity contribution is 5.93. The van der Waals surface area contributed by atoms with Gasteiger partial charge >= 0.3 is 11.9 Å². The van der Waals surface area contributed by atoms with Gasteiger partial charge in [0.25, 0.3) is 0 Å². The molecule has 1 aromatic heterocycles. The van der Waals surface area contributed by atoms with Crippen LogP contribution in [0.2, 0.25) is 0 Å². The summed E-state index contributed by atoms with van der Waals surface area (Å²) in [6.45, 7) is 1.89. The van der Waals surface area contributed by atoms with Crippen LogP contribution in [0, 0.1) is 5.82 Å². The molecular weight excluding hydrogens is 329 g/mol. The molecule has 3 heterocycles. The van der Waals surface area contributed by atoms with Crippen LogP contribution in [-0.2, 0) is 19.2 Å². The van der Waals surface area contributed by atoms with Crippen LogP contribution in [0.4, 0.5) is 4.39 Å². The number of benzene rings is 1.